The van der Waals surface area contributed by atoms with Crippen LogP contribution in [0.15, 0.2) is 47.8 Å². The van der Waals surface area contributed by atoms with Gasteiger partial charge in [0.05, 0.1) is 6.42 Å². The molecule has 1 atom stereocenters. The first kappa shape index (κ1) is 15.7. The molecular weight excluding hydrogens is 282 g/mol. The summed E-state index contributed by atoms with van der Waals surface area (Å²) in [6, 6.07) is 14.2. The van der Waals surface area contributed by atoms with E-state index in [9.17, 15) is 9.90 Å². The molecule has 0 saturated carbocycles. The van der Waals surface area contributed by atoms with E-state index in [4.69, 9.17) is 0 Å². The van der Waals surface area contributed by atoms with Crippen molar-refractivity contribution in [2.45, 2.75) is 38.9 Å². The fraction of sp³-hybridized carbons (Fsp3) is 0.353. The number of carbonyl (C=O) groups is 1. The van der Waals surface area contributed by atoms with Crippen LogP contribution in [0.3, 0.4) is 0 Å². The van der Waals surface area contributed by atoms with Gasteiger partial charge in [-0.15, -0.1) is 11.3 Å². The van der Waals surface area contributed by atoms with Gasteiger partial charge in [-0.2, -0.15) is 0 Å². The molecular formula is C17H21NO2S. The minimum absolute atomic E-state index is 0.106. The Labute approximate surface area is 129 Å². The molecule has 1 N–H and O–H groups in total. The van der Waals surface area contributed by atoms with Gasteiger partial charge >= 0.3 is 5.97 Å². The molecule has 0 radical (unpaired) electrons. The average molecular weight is 303 g/mol. The number of carboxylic acids is 1. The smallest absolute Gasteiger partial charge is 0.305 e. The SMILES string of the molecule is CC(C)N(Cc1cccs1)C(CC(=O)O)c1ccccc1. The van der Waals surface area contributed by atoms with E-state index in [-0.39, 0.29) is 18.5 Å². The van der Waals surface area contributed by atoms with Crippen LogP contribution in [0.25, 0.3) is 0 Å². The lowest BCUT2D eigenvalue weighted by atomic mass is 10.0. The molecule has 0 spiro atoms. The number of benzene rings is 1. The Hall–Kier alpha value is -1.65. The second kappa shape index (κ2) is 7.38. The average Bonchev–Trinajstić information content (AvgIpc) is 2.96. The van der Waals surface area contributed by atoms with Crippen LogP contribution in [0.5, 0.6) is 0 Å². The molecule has 0 bridgehead atoms. The summed E-state index contributed by atoms with van der Waals surface area (Å²) in [5, 5.41) is 11.3. The third-order valence-corrected chi connectivity index (χ3v) is 4.40. The number of hydrogen-bond donors (Lipinski definition) is 1. The van der Waals surface area contributed by atoms with Crippen LogP contribution >= 0.6 is 11.3 Å². The van der Waals surface area contributed by atoms with Crippen LogP contribution in [0.4, 0.5) is 0 Å². The van der Waals surface area contributed by atoms with Crippen molar-refractivity contribution >= 4 is 17.3 Å². The number of hydrogen-bond acceptors (Lipinski definition) is 3. The summed E-state index contributed by atoms with van der Waals surface area (Å²) in [4.78, 5) is 14.8. The second-order valence-electron chi connectivity index (χ2n) is 5.37. The maximum Gasteiger partial charge on any atom is 0.305 e. The van der Waals surface area contributed by atoms with E-state index in [1.807, 2.05) is 36.4 Å². The normalized spacial score (nSPS) is 12.8. The quantitative estimate of drug-likeness (QED) is 0.834. The lowest BCUT2D eigenvalue weighted by Crippen LogP contribution is -2.35. The molecule has 0 aliphatic heterocycles. The van der Waals surface area contributed by atoms with Crippen molar-refractivity contribution < 1.29 is 9.90 Å². The van der Waals surface area contributed by atoms with E-state index < -0.39 is 5.97 Å². The molecule has 112 valence electrons. The topological polar surface area (TPSA) is 40.5 Å². The summed E-state index contributed by atoms with van der Waals surface area (Å²) in [5.74, 6) is -0.763. The van der Waals surface area contributed by atoms with E-state index in [1.165, 1.54) is 4.88 Å². The summed E-state index contributed by atoms with van der Waals surface area (Å²) in [6.45, 7) is 5.01. The van der Waals surface area contributed by atoms with Crippen molar-refractivity contribution in [2.75, 3.05) is 0 Å². The van der Waals surface area contributed by atoms with Crippen LogP contribution in [0.1, 0.15) is 36.8 Å². The Morgan fingerprint density at radius 3 is 2.43 bits per heavy atom. The Morgan fingerprint density at radius 1 is 1.19 bits per heavy atom. The number of nitrogens with zero attached hydrogens (tertiary/aromatic N) is 1. The van der Waals surface area contributed by atoms with Crippen molar-refractivity contribution in [2.24, 2.45) is 0 Å². The van der Waals surface area contributed by atoms with Crippen LogP contribution in [-0.2, 0) is 11.3 Å². The predicted octanol–water partition coefficient (Wildman–Crippen LogP) is 4.17. The van der Waals surface area contributed by atoms with Gasteiger partial charge in [-0.05, 0) is 30.9 Å². The molecule has 1 aromatic heterocycles. The highest BCUT2D eigenvalue weighted by atomic mass is 32.1. The molecule has 1 heterocycles. The van der Waals surface area contributed by atoms with Gasteiger partial charge in [-0.25, -0.2) is 0 Å². The van der Waals surface area contributed by atoms with Crippen LogP contribution in [0.2, 0.25) is 0 Å². The van der Waals surface area contributed by atoms with Crippen molar-refractivity contribution in [3.05, 3.63) is 58.3 Å². The lowest BCUT2D eigenvalue weighted by molar-refractivity contribution is -0.138. The third kappa shape index (κ3) is 4.41. The molecule has 0 aliphatic carbocycles. The van der Waals surface area contributed by atoms with Crippen LogP contribution < -0.4 is 0 Å². The second-order valence-corrected chi connectivity index (χ2v) is 6.40. The summed E-state index contributed by atoms with van der Waals surface area (Å²) in [5.41, 5.74) is 1.06. The zero-order chi connectivity index (χ0) is 15.2. The van der Waals surface area contributed by atoms with Crippen LogP contribution in [-0.4, -0.2) is 22.0 Å². The van der Waals surface area contributed by atoms with Gasteiger partial charge in [0.1, 0.15) is 0 Å². The third-order valence-electron chi connectivity index (χ3n) is 3.53. The molecule has 21 heavy (non-hydrogen) atoms. The summed E-state index contributed by atoms with van der Waals surface area (Å²) in [7, 11) is 0. The lowest BCUT2D eigenvalue weighted by Gasteiger charge is -2.34. The summed E-state index contributed by atoms with van der Waals surface area (Å²) < 4.78 is 0. The Morgan fingerprint density at radius 2 is 1.90 bits per heavy atom. The molecule has 2 rings (SSSR count). The molecule has 0 aliphatic rings. The van der Waals surface area contributed by atoms with Gasteiger partial charge in [0.25, 0.3) is 0 Å². The zero-order valence-corrected chi connectivity index (χ0v) is 13.2. The first-order valence-electron chi connectivity index (χ1n) is 7.12. The fourth-order valence-electron chi connectivity index (χ4n) is 2.50. The van der Waals surface area contributed by atoms with Gasteiger partial charge in [-0.1, -0.05) is 36.4 Å². The standard InChI is InChI=1S/C17H21NO2S/c1-13(2)18(12-15-9-6-10-21-15)16(11-17(19)20)14-7-4-3-5-8-14/h3-10,13,16H,11-12H2,1-2H3,(H,19,20). The van der Waals surface area contributed by atoms with E-state index in [0.29, 0.717) is 0 Å². The minimum Gasteiger partial charge on any atom is -0.481 e. The van der Waals surface area contributed by atoms with Gasteiger partial charge in [0, 0.05) is 23.5 Å². The van der Waals surface area contributed by atoms with E-state index in [0.717, 1.165) is 12.1 Å². The van der Waals surface area contributed by atoms with Crippen molar-refractivity contribution in [3.8, 4) is 0 Å². The van der Waals surface area contributed by atoms with Crippen molar-refractivity contribution in [3.63, 3.8) is 0 Å². The highest BCUT2D eigenvalue weighted by molar-refractivity contribution is 7.09. The first-order chi connectivity index (χ1) is 10.1. The monoisotopic (exact) mass is 303 g/mol. The number of rotatable bonds is 7. The van der Waals surface area contributed by atoms with Crippen molar-refractivity contribution in [1.29, 1.82) is 0 Å². The minimum atomic E-state index is -0.763. The Bertz CT molecular complexity index is 551. The van der Waals surface area contributed by atoms with Gasteiger partial charge in [0.2, 0.25) is 0 Å². The van der Waals surface area contributed by atoms with E-state index >= 15 is 0 Å². The molecule has 4 heteroatoms. The molecule has 0 fully saturated rings. The number of aliphatic carboxylic acids is 1. The zero-order valence-electron chi connectivity index (χ0n) is 12.4. The van der Waals surface area contributed by atoms with Gasteiger partial charge in [-0.3, -0.25) is 9.69 Å². The summed E-state index contributed by atoms with van der Waals surface area (Å²) >= 11 is 1.71. The number of carboxylic acid groups (broad SMARTS) is 1. The van der Waals surface area contributed by atoms with Crippen LogP contribution in [0, 0.1) is 0 Å². The maximum absolute atomic E-state index is 11.3. The largest absolute Gasteiger partial charge is 0.481 e. The fourth-order valence-corrected chi connectivity index (χ4v) is 3.21. The van der Waals surface area contributed by atoms with Gasteiger partial charge in [0.15, 0.2) is 0 Å². The Kier molecular flexibility index (Phi) is 5.53. The van der Waals surface area contributed by atoms with Gasteiger partial charge < -0.3 is 5.11 Å². The maximum atomic E-state index is 11.3. The summed E-state index contributed by atoms with van der Waals surface area (Å²) in [6.07, 6.45) is 0.119. The molecule has 2 aromatic rings. The molecule has 0 saturated heterocycles. The van der Waals surface area contributed by atoms with E-state index in [2.05, 4.69) is 30.2 Å². The Balaban J connectivity index is 2.28. The molecule has 0 amide bonds. The van der Waals surface area contributed by atoms with Crippen molar-refractivity contribution in [1.82, 2.24) is 4.90 Å². The number of thiophene rings is 1. The molecule has 3 nitrogen and oxygen atoms in total. The first-order valence-corrected chi connectivity index (χ1v) is 8.00. The molecule has 1 aromatic carbocycles. The highest BCUT2D eigenvalue weighted by Crippen LogP contribution is 2.29. The van der Waals surface area contributed by atoms with E-state index in [1.54, 1.807) is 11.3 Å². The predicted molar refractivity (Wildman–Crippen MR) is 86.4 cm³/mol. The molecule has 1 unspecified atom stereocenters. The highest BCUT2D eigenvalue weighted by Gasteiger charge is 2.25.